The quantitative estimate of drug-likeness (QED) is 0.858. The number of anilines is 1. The summed E-state index contributed by atoms with van der Waals surface area (Å²) < 4.78 is 5.54. The van der Waals surface area contributed by atoms with Crippen molar-refractivity contribution in [3.05, 3.63) is 12.4 Å². The maximum Gasteiger partial charge on any atom is 0.234 e. The zero-order chi connectivity index (χ0) is 12.4. The largest absolute Gasteiger partial charge is 0.477 e. The zero-order valence-electron chi connectivity index (χ0n) is 10.8. The summed E-state index contributed by atoms with van der Waals surface area (Å²) in [7, 11) is 0. The van der Waals surface area contributed by atoms with E-state index in [4.69, 9.17) is 4.74 Å². The molecule has 98 valence electrons. The monoisotopic (exact) mass is 248 g/mol. The van der Waals surface area contributed by atoms with Gasteiger partial charge >= 0.3 is 0 Å². The molecule has 2 atom stereocenters. The molecule has 3 heterocycles. The van der Waals surface area contributed by atoms with Gasteiger partial charge in [0.15, 0.2) is 5.82 Å². The van der Waals surface area contributed by atoms with Crippen molar-refractivity contribution in [2.24, 2.45) is 11.8 Å². The second-order valence-corrected chi connectivity index (χ2v) is 5.15. The normalized spacial score (nSPS) is 26.4. The minimum Gasteiger partial charge on any atom is -0.477 e. The van der Waals surface area contributed by atoms with Crippen LogP contribution in [-0.2, 0) is 0 Å². The summed E-state index contributed by atoms with van der Waals surface area (Å²) in [6.07, 6.45) is 4.52. The van der Waals surface area contributed by atoms with Crippen molar-refractivity contribution in [3.63, 3.8) is 0 Å². The number of hydrogen-bond donors (Lipinski definition) is 1. The third kappa shape index (κ3) is 2.27. The van der Waals surface area contributed by atoms with Gasteiger partial charge in [-0.2, -0.15) is 4.98 Å². The Hall–Kier alpha value is -1.36. The minimum atomic E-state index is 0.643. The van der Waals surface area contributed by atoms with Crippen LogP contribution in [0.4, 0.5) is 5.82 Å². The zero-order valence-corrected chi connectivity index (χ0v) is 10.8. The molecule has 1 aromatic heterocycles. The number of ether oxygens (including phenoxy) is 1. The lowest BCUT2D eigenvalue weighted by atomic mass is 10.0. The van der Waals surface area contributed by atoms with Gasteiger partial charge in [-0.1, -0.05) is 6.92 Å². The van der Waals surface area contributed by atoms with Crippen molar-refractivity contribution in [1.82, 2.24) is 15.3 Å². The van der Waals surface area contributed by atoms with Gasteiger partial charge in [0.25, 0.3) is 0 Å². The third-order valence-electron chi connectivity index (χ3n) is 3.77. The van der Waals surface area contributed by atoms with Crippen molar-refractivity contribution >= 4 is 5.82 Å². The van der Waals surface area contributed by atoms with Gasteiger partial charge in [0.2, 0.25) is 5.88 Å². The Bertz CT molecular complexity index is 400. The Balaban J connectivity index is 1.69. The first kappa shape index (κ1) is 11.7. The predicted octanol–water partition coefficient (Wildman–Crippen LogP) is 0.921. The van der Waals surface area contributed by atoms with Crippen molar-refractivity contribution in [1.29, 1.82) is 0 Å². The van der Waals surface area contributed by atoms with E-state index in [1.807, 2.05) is 6.20 Å². The van der Waals surface area contributed by atoms with E-state index in [2.05, 4.69) is 27.1 Å². The fourth-order valence-electron chi connectivity index (χ4n) is 2.81. The van der Waals surface area contributed by atoms with Crippen LogP contribution in [-0.4, -0.2) is 42.8 Å². The average molecular weight is 248 g/mol. The van der Waals surface area contributed by atoms with E-state index in [0.29, 0.717) is 12.5 Å². The highest BCUT2D eigenvalue weighted by molar-refractivity contribution is 5.39. The van der Waals surface area contributed by atoms with Crippen LogP contribution in [0.5, 0.6) is 5.88 Å². The summed E-state index contributed by atoms with van der Waals surface area (Å²) >= 11 is 0. The van der Waals surface area contributed by atoms with Gasteiger partial charge in [0.05, 0.1) is 19.0 Å². The first-order valence-electron chi connectivity index (χ1n) is 6.77. The smallest absolute Gasteiger partial charge is 0.234 e. The molecule has 3 rings (SSSR count). The number of hydrogen-bond acceptors (Lipinski definition) is 5. The lowest BCUT2D eigenvalue weighted by molar-refractivity contribution is 0.304. The molecule has 2 aliphatic rings. The minimum absolute atomic E-state index is 0.643. The molecule has 0 aromatic carbocycles. The van der Waals surface area contributed by atoms with Crippen LogP contribution in [0.3, 0.4) is 0 Å². The topological polar surface area (TPSA) is 50.3 Å². The molecule has 0 spiro atoms. The van der Waals surface area contributed by atoms with Crippen molar-refractivity contribution in [2.45, 2.75) is 13.3 Å². The predicted molar refractivity (Wildman–Crippen MR) is 69.9 cm³/mol. The second kappa shape index (κ2) is 5.10. The Morgan fingerprint density at radius 2 is 2.11 bits per heavy atom. The van der Waals surface area contributed by atoms with E-state index < -0.39 is 0 Å². The van der Waals surface area contributed by atoms with E-state index in [-0.39, 0.29) is 0 Å². The molecule has 2 saturated heterocycles. The fraction of sp³-hybridized carbons (Fsp3) is 0.692. The first-order valence-corrected chi connectivity index (χ1v) is 6.77. The SMILES string of the molecule is CCCOc1cncc(N2C[C@H]3CNC[C@H]3C2)n1. The van der Waals surface area contributed by atoms with Crippen LogP contribution in [0.25, 0.3) is 0 Å². The van der Waals surface area contributed by atoms with E-state index in [9.17, 15) is 0 Å². The summed E-state index contributed by atoms with van der Waals surface area (Å²) in [6, 6.07) is 0. The molecule has 1 aromatic rings. The molecule has 0 radical (unpaired) electrons. The number of fused-ring (bicyclic) bond motifs is 1. The molecule has 2 fully saturated rings. The molecule has 0 saturated carbocycles. The van der Waals surface area contributed by atoms with Crippen molar-refractivity contribution in [2.75, 3.05) is 37.7 Å². The summed E-state index contributed by atoms with van der Waals surface area (Å²) in [5.41, 5.74) is 0. The van der Waals surface area contributed by atoms with Gasteiger partial charge in [-0.05, 0) is 18.3 Å². The van der Waals surface area contributed by atoms with Crippen LogP contribution in [0, 0.1) is 11.8 Å². The van der Waals surface area contributed by atoms with Crippen LogP contribution in [0.2, 0.25) is 0 Å². The number of nitrogens with one attached hydrogen (secondary N) is 1. The summed E-state index contributed by atoms with van der Waals surface area (Å²) in [5, 5.41) is 3.45. The Morgan fingerprint density at radius 3 is 2.83 bits per heavy atom. The number of rotatable bonds is 4. The Kier molecular flexibility index (Phi) is 3.32. The van der Waals surface area contributed by atoms with E-state index >= 15 is 0 Å². The standard InChI is InChI=1S/C13H20N4O/c1-2-3-18-13-7-15-6-12(16-13)17-8-10-4-14-5-11(10)9-17/h6-7,10-11,14H,2-5,8-9H2,1H3/t10-,11+. The summed E-state index contributed by atoms with van der Waals surface area (Å²) in [4.78, 5) is 11.1. The fourth-order valence-corrected chi connectivity index (χ4v) is 2.81. The maximum atomic E-state index is 5.54. The summed E-state index contributed by atoms with van der Waals surface area (Å²) in [6.45, 7) is 7.24. The molecule has 5 heteroatoms. The second-order valence-electron chi connectivity index (χ2n) is 5.15. The van der Waals surface area contributed by atoms with E-state index in [0.717, 1.165) is 50.3 Å². The maximum absolute atomic E-state index is 5.54. The van der Waals surface area contributed by atoms with Gasteiger partial charge in [-0.3, -0.25) is 4.98 Å². The third-order valence-corrected chi connectivity index (χ3v) is 3.77. The van der Waals surface area contributed by atoms with Crippen LogP contribution in [0.15, 0.2) is 12.4 Å². The molecule has 0 bridgehead atoms. The highest BCUT2D eigenvalue weighted by Crippen LogP contribution is 2.29. The average Bonchev–Trinajstić information content (AvgIpc) is 2.97. The van der Waals surface area contributed by atoms with Crippen LogP contribution in [0.1, 0.15) is 13.3 Å². The molecule has 5 nitrogen and oxygen atoms in total. The van der Waals surface area contributed by atoms with Crippen molar-refractivity contribution < 1.29 is 4.74 Å². The molecule has 0 unspecified atom stereocenters. The van der Waals surface area contributed by atoms with Crippen molar-refractivity contribution in [3.8, 4) is 5.88 Å². The van der Waals surface area contributed by atoms with Gasteiger partial charge < -0.3 is 15.0 Å². The molecule has 2 aliphatic heterocycles. The highest BCUT2D eigenvalue weighted by Gasteiger charge is 2.36. The molecule has 1 N–H and O–H groups in total. The van der Waals surface area contributed by atoms with Gasteiger partial charge in [0, 0.05) is 26.2 Å². The lowest BCUT2D eigenvalue weighted by Crippen LogP contribution is -2.26. The lowest BCUT2D eigenvalue weighted by Gasteiger charge is -2.18. The first-order chi connectivity index (χ1) is 8.86. The molecule has 0 aliphatic carbocycles. The Labute approximate surface area is 108 Å². The van der Waals surface area contributed by atoms with E-state index in [1.54, 1.807) is 6.20 Å². The van der Waals surface area contributed by atoms with Gasteiger partial charge in [0.1, 0.15) is 0 Å². The van der Waals surface area contributed by atoms with Gasteiger partial charge in [-0.25, -0.2) is 0 Å². The molecule has 18 heavy (non-hydrogen) atoms. The number of nitrogens with zero attached hydrogens (tertiary/aromatic N) is 3. The number of aromatic nitrogens is 2. The molecular formula is C13H20N4O. The molecular weight excluding hydrogens is 228 g/mol. The van der Waals surface area contributed by atoms with Gasteiger partial charge in [-0.15, -0.1) is 0 Å². The van der Waals surface area contributed by atoms with Crippen LogP contribution < -0.4 is 15.0 Å². The summed E-state index contributed by atoms with van der Waals surface area (Å²) in [5.74, 6) is 3.14. The van der Waals surface area contributed by atoms with Crippen LogP contribution >= 0.6 is 0 Å². The molecule has 0 amide bonds. The van der Waals surface area contributed by atoms with E-state index in [1.165, 1.54) is 0 Å². The Morgan fingerprint density at radius 1 is 1.33 bits per heavy atom. The highest BCUT2D eigenvalue weighted by atomic mass is 16.5.